The Morgan fingerprint density at radius 2 is 2.04 bits per heavy atom. The highest BCUT2D eigenvalue weighted by molar-refractivity contribution is 7.91. The van der Waals surface area contributed by atoms with Crippen molar-refractivity contribution in [1.29, 1.82) is 0 Å². The van der Waals surface area contributed by atoms with Crippen molar-refractivity contribution >= 4 is 27.3 Å². The van der Waals surface area contributed by atoms with Gasteiger partial charge in [0.15, 0.2) is 0 Å². The normalized spacial score (nSPS) is 16.8. The number of hydrogen-bond donors (Lipinski definition) is 3. The van der Waals surface area contributed by atoms with Gasteiger partial charge < -0.3 is 11.1 Å². The van der Waals surface area contributed by atoms with Crippen molar-refractivity contribution in [2.45, 2.75) is 50.3 Å². The van der Waals surface area contributed by atoms with Crippen LogP contribution in [0.5, 0.6) is 0 Å². The van der Waals surface area contributed by atoms with E-state index in [2.05, 4.69) is 10.0 Å². The maximum Gasteiger partial charge on any atom is 0.250 e. The zero-order valence-corrected chi connectivity index (χ0v) is 16.1. The van der Waals surface area contributed by atoms with Crippen molar-refractivity contribution in [3.05, 3.63) is 17.0 Å². The summed E-state index contributed by atoms with van der Waals surface area (Å²) in [5, 5.41) is 2.87. The number of hydrogen-bond acceptors (Lipinski definition) is 5. The highest BCUT2D eigenvalue weighted by atomic mass is 32.2. The minimum absolute atomic E-state index is 0.0104. The van der Waals surface area contributed by atoms with Crippen LogP contribution in [-0.4, -0.2) is 33.5 Å². The number of nitrogens with one attached hydrogen (secondary N) is 2. The Bertz CT molecular complexity index is 673. The molecule has 1 amide bonds. The van der Waals surface area contributed by atoms with Crippen molar-refractivity contribution in [2.75, 3.05) is 13.1 Å². The molecule has 0 aromatic carbocycles. The summed E-state index contributed by atoms with van der Waals surface area (Å²) in [5.74, 6) is 0.362. The predicted octanol–water partition coefficient (Wildman–Crippen LogP) is 1.47. The molecule has 0 radical (unpaired) electrons. The first kappa shape index (κ1) is 19.4. The quantitative estimate of drug-likeness (QED) is 0.642. The third-order valence-corrected chi connectivity index (χ3v) is 7.12. The van der Waals surface area contributed by atoms with Gasteiger partial charge in [0.1, 0.15) is 4.21 Å². The number of rotatable bonds is 8. The highest BCUT2D eigenvalue weighted by Crippen LogP contribution is 2.33. The Hall–Kier alpha value is -0.960. The van der Waals surface area contributed by atoms with E-state index >= 15 is 0 Å². The SMILES string of the molecule is CC(C)(C)C(=O)NCCc1ccc(S(=O)(=O)NC(CN)C2CC2)s1. The lowest BCUT2D eigenvalue weighted by molar-refractivity contribution is -0.128. The molecular formula is C16H27N3O3S2. The lowest BCUT2D eigenvalue weighted by atomic mass is 9.96. The third kappa shape index (κ3) is 5.27. The fraction of sp³-hybridized carbons (Fsp3) is 0.688. The first-order valence-corrected chi connectivity index (χ1v) is 10.5. The van der Waals surface area contributed by atoms with E-state index in [-0.39, 0.29) is 11.9 Å². The van der Waals surface area contributed by atoms with E-state index < -0.39 is 15.4 Å². The average molecular weight is 374 g/mol. The largest absolute Gasteiger partial charge is 0.355 e. The number of amides is 1. The van der Waals surface area contributed by atoms with Crippen LogP contribution >= 0.6 is 11.3 Å². The number of carbonyl (C=O) groups is 1. The van der Waals surface area contributed by atoms with Gasteiger partial charge in [0.25, 0.3) is 0 Å². The molecule has 1 heterocycles. The molecule has 0 aliphatic heterocycles. The van der Waals surface area contributed by atoms with Gasteiger partial charge in [-0.25, -0.2) is 13.1 Å². The molecule has 1 saturated carbocycles. The number of carbonyl (C=O) groups excluding carboxylic acids is 1. The van der Waals surface area contributed by atoms with E-state index in [1.807, 2.05) is 20.8 Å². The maximum absolute atomic E-state index is 12.4. The highest BCUT2D eigenvalue weighted by Gasteiger charge is 2.33. The summed E-state index contributed by atoms with van der Waals surface area (Å²) < 4.78 is 27.9. The zero-order valence-electron chi connectivity index (χ0n) is 14.5. The predicted molar refractivity (Wildman–Crippen MR) is 96.4 cm³/mol. The molecule has 4 N–H and O–H groups in total. The van der Waals surface area contributed by atoms with Gasteiger partial charge in [0.2, 0.25) is 15.9 Å². The molecule has 6 nitrogen and oxygen atoms in total. The standard InChI is InChI=1S/C16H27N3O3S2/c1-16(2,3)15(20)18-9-8-12-6-7-14(23-12)24(21,22)19-13(10-17)11-4-5-11/h6-7,11,13,19H,4-5,8-10,17H2,1-3H3,(H,18,20). The van der Waals surface area contributed by atoms with Crippen LogP contribution in [0.3, 0.4) is 0 Å². The first-order chi connectivity index (χ1) is 11.1. The van der Waals surface area contributed by atoms with Crippen LogP contribution in [0.1, 0.15) is 38.5 Å². The Morgan fingerprint density at radius 3 is 2.58 bits per heavy atom. The van der Waals surface area contributed by atoms with Gasteiger partial charge in [-0.2, -0.15) is 0 Å². The molecule has 24 heavy (non-hydrogen) atoms. The molecule has 1 fully saturated rings. The molecule has 0 bridgehead atoms. The van der Waals surface area contributed by atoms with E-state index in [4.69, 9.17) is 5.73 Å². The van der Waals surface area contributed by atoms with Gasteiger partial charge in [0.05, 0.1) is 0 Å². The fourth-order valence-electron chi connectivity index (χ4n) is 2.29. The topological polar surface area (TPSA) is 101 Å². The molecule has 1 aliphatic rings. The van der Waals surface area contributed by atoms with E-state index in [0.29, 0.717) is 29.6 Å². The summed E-state index contributed by atoms with van der Waals surface area (Å²) in [6.07, 6.45) is 2.69. The molecule has 1 aromatic heterocycles. The van der Waals surface area contributed by atoms with Gasteiger partial charge in [0, 0.05) is 29.4 Å². The summed E-state index contributed by atoms with van der Waals surface area (Å²) >= 11 is 1.24. The average Bonchev–Trinajstić information content (AvgIpc) is 3.21. The van der Waals surface area contributed by atoms with Crippen LogP contribution in [0.4, 0.5) is 0 Å². The van der Waals surface area contributed by atoms with Crippen molar-refractivity contribution in [3.63, 3.8) is 0 Å². The lowest BCUT2D eigenvalue weighted by Crippen LogP contribution is -2.41. The van der Waals surface area contributed by atoms with Crippen molar-refractivity contribution in [1.82, 2.24) is 10.0 Å². The van der Waals surface area contributed by atoms with Crippen LogP contribution in [0.2, 0.25) is 0 Å². The Kier molecular flexibility index (Phi) is 6.06. The number of sulfonamides is 1. The second kappa shape index (κ2) is 7.51. The molecule has 1 unspecified atom stereocenters. The number of nitrogens with two attached hydrogens (primary N) is 1. The summed E-state index contributed by atoms with van der Waals surface area (Å²) in [6.45, 7) is 6.39. The Balaban J connectivity index is 1.91. The summed E-state index contributed by atoms with van der Waals surface area (Å²) in [7, 11) is -3.52. The van der Waals surface area contributed by atoms with Crippen molar-refractivity contribution in [2.24, 2.45) is 17.1 Å². The van der Waals surface area contributed by atoms with Gasteiger partial charge in [-0.15, -0.1) is 11.3 Å². The molecule has 1 aliphatic carbocycles. The summed E-state index contributed by atoms with van der Waals surface area (Å²) in [4.78, 5) is 12.7. The van der Waals surface area contributed by atoms with E-state index in [1.54, 1.807) is 12.1 Å². The molecular weight excluding hydrogens is 346 g/mol. The van der Waals surface area contributed by atoms with Gasteiger partial charge in [-0.05, 0) is 37.3 Å². The van der Waals surface area contributed by atoms with E-state index in [9.17, 15) is 13.2 Å². The van der Waals surface area contributed by atoms with Crippen LogP contribution in [0.15, 0.2) is 16.3 Å². The van der Waals surface area contributed by atoms with E-state index in [1.165, 1.54) is 11.3 Å². The molecule has 2 rings (SSSR count). The molecule has 8 heteroatoms. The third-order valence-electron chi connectivity index (χ3n) is 3.99. The molecule has 1 atom stereocenters. The second-order valence-corrected chi connectivity index (χ2v) is 10.4. The van der Waals surface area contributed by atoms with Crippen molar-refractivity contribution in [3.8, 4) is 0 Å². The van der Waals surface area contributed by atoms with E-state index in [0.717, 1.165) is 17.7 Å². The van der Waals surface area contributed by atoms with Crippen LogP contribution < -0.4 is 15.8 Å². The molecule has 0 saturated heterocycles. The fourth-order valence-corrected chi connectivity index (χ4v) is 4.98. The smallest absolute Gasteiger partial charge is 0.250 e. The lowest BCUT2D eigenvalue weighted by Gasteiger charge is -2.17. The van der Waals surface area contributed by atoms with Crippen LogP contribution in [0.25, 0.3) is 0 Å². The second-order valence-electron chi connectivity index (χ2n) is 7.28. The van der Waals surface area contributed by atoms with Gasteiger partial charge in [-0.3, -0.25) is 4.79 Å². The molecule has 0 spiro atoms. The van der Waals surface area contributed by atoms with Crippen LogP contribution in [0, 0.1) is 11.3 Å². The monoisotopic (exact) mass is 373 g/mol. The molecule has 136 valence electrons. The molecule has 1 aromatic rings. The summed E-state index contributed by atoms with van der Waals surface area (Å²) in [5.41, 5.74) is 5.25. The van der Waals surface area contributed by atoms with Gasteiger partial charge >= 0.3 is 0 Å². The minimum atomic E-state index is -3.52. The maximum atomic E-state index is 12.4. The zero-order chi connectivity index (χ0) is 18.0. The van der Waals surface area contributed by atoms with Crippen LogP contribution in [-0.2, 0) is 21.2 Å². The number of thiophene rings is 1. The minimum Gasteiger partial charge on any atom is -0.355 e. The van der Waals surface area contributed by atoms with Gasteiger partial charge in [-0.1, -0.05) is 20.8 Å². The first-order valence-electron chi connectivity index (χ1n) is 8.23. The summed E-state index contributed by atoms with van der Waals surface area (Å²) in [6, 6.07) is 3.25. The Morgan fingerprint density at radius 1 is 1.38 bits per heavy atom. The Labute approximate surface area is 148 Å². The van der Waals surface area contributed by atoms with Crippen molar-refractivity contribution < 1.29 is 13.2 Å².